The first kappa shape index (κ1) is 11.7. The van der Waals surface area contributed by atoms with Gasteiger partial charge in [-0.25, -0.2) is 4.98 Å². The number of nitrogens with zero attached hydrogens (tertiary/aromatic N) is 3. The molecular formula is C17H17N3. The van der Waals surface area contributed by atoms with Crippen LogP contribution in [0, 0.1) is 0 Å². The van der Waals surface area contributed by atoms with Crippen LogP contribution in [-0.2, 0) is 6.54 Å². The Hall–Kier alpha value is -2.13. The fourth-order valence-electron chi connectivity index (χ4n) is 3.21. The summed E-state index contributed by atoms with van der Waals surface area (Å²) in [5, 5.41) is 0. The highest BCUT2D eigenvalue weighted by Crippen LogP contribution is 2.32. The van der Waals surface area contributed by atoms with E-state index in [0.717, 1.165) is 18.7 Å². The second-order valence-electron chi connectivity index (χ2n) is 5.60. The zero-order valence-electron chi connectivity index (χ0n) is 11.5. The number of rotatable bonds is 1. The maximum absolute atomic E-state index is 4.32. The third kappa shape index (κ3) is 1.82. The Labute approximate surface area is 118 Å². The summed E-state index contributed by atoms with van der Waals surface area (Å²) in [4.78, 5) is 6.71. The largest absolute Gasteiger partial charge is 0.307 e. The van der Waals surface area contributed by atoms with Crippen molar-refractivity contribution in [2.75, 3.05) is 13.6 Å². The molecule has 0 aliphatic carbocycles. The minimum atomic E-state index is 0.441. The predicted octanol–water partition coefficient (Wildman–Crippen LogP) is 2.91. The number of hydrogen-bond donors (Lipinski definition) is 0. The number of hydrogen-bond acceptors (Lipinski definition) is 2. The third-order valence-electron chi connectivity index (χ3n) is 4.18. The Kier molecular flexibility index (Phi) is 2.60. The smallest absolute Gasteiger partial charge is 0.136 e. The van der Waals surface area contributed by atoms with Gasteiger partial charge in [-0.2, -0.15) is 0 Å². The number of benzene rings is 1. The van der Waals surface area contributed by atoms with E-state index in [1.165, 1.54) is 16.7 Å². The van der Waals surface area contributed by atoms with Crippen LogP contribution in [-0.4, -0.2) is 27.9 Å². The molecule has 0 amide bonds. The van der Waals surface area contributed by atoms with E-state index in [1.54, 1.807) is 0 Å². The van der Waals surface area contributed by atoms with Crippen molar-refractivity contribution in [2.24, 2.45) is 0 Å². The Bertz CT molecular complexity index is 760. The normalized spacial score (nSPS) is 19.1. The first-order chi connectivity index (χ1) is 9.81. The van der Waals surface area contributed by atoms with Crippen molar-refractivity contribution >= 4 is 5.65 Å². The average Bonchev–Trinajstić information content (AvgIpc) is 2.93. The minimum absolute atomic E-state index is 0.441. The Morgan fingerprint density at radius 2 is 2.05 bits per heavy atom. The molecule has 1 atom stereocenters. The van der Waals surface area contributed by atoms with Crippen molar-refractivity contribution < 1.29 is 0 Å². The lowest BCUT2D eigenvalue weighted by Crippen LogP contribution is -2.31. The van der Waals surface area contributed by atoms with Crippen LogP contribution in [0.4, 0.5) is 0 Å². The van der Waals surface area contributed by atoms with Crippen LogP contribution in [0.2, 0.25) is 0 Å². The van der Waals surface area contributed by atoms with Crippen molar-refractivity contribution in [1.29, 1.82) is 0 Å². The van der Waals surface area contributed by atoms with Crippen molar-refractivity contribution in [3.63, 3.8) is 0 Å². The van der Waals surface area contributed by atoms with E-state index in [0.29, 0.717) is 5.92 Å². The molecule has 100 valence electrons. The lowest BCUT2D eigenvalue weighted by atomic mass is 9.85. The van der Waals surface area contributed by atoms with Gasteiger partial charge in [-0.3, -0.25) is 0 Å². The maximum Gasteiger partial charge on any atom is 0.136 e. The summed E-state index contributed by atoms with van der Waals surface area (Å²) in [5.41, 5.74) is 5.27. The van der Waals surface area contributed by atoms with E-state index in [2.05, 4.69) is 63.9 Å². The summed E-state index contributed by atoms with van der Waals surface area (Å²) in [5.74, 6) is 0.441. The highest BCUT2D eigenvalue weighted by molar-refractivity contribution is 5.44. The van der Waals surface area contributed by atoms with Crippen LogP contribution < -0.4 is 0 Å². The first-order valence-corrected chi connectivity index (χ1v) is 7.00. The van der Waals surface area contributed by atoms with Crippen LogP contribution in [0.5, 0.6) is 0 Å². The van der Waals surface area contributed by atoms with E-state index < -0.39 is 0 Å². The van der Waals surface area contributed by atoms with Gasteiger partial charge in [0.15, 0.2) is 0 Å². The molecule has 3 heterocycles. The van der Waals surface area contributed by atoms with Crippen LogP contribution in [0.25, 0.3) is 5.65 Å². The van der Waals surface area contributed by atoms with Gasteiger partial charge in [0.2, 0.25) is 0 Å². The van der Waals surface area contributed by atoms with Crippen molar-refractivity contribution in [3.8, 4) is 0 Å². The van der Waals surface area contributed by atoms with Crippen LogP contribution >= 0.6 is 0 Å². The predicted molar refractivity (Wildman–Crippen MR) is 79.8 cm³/mol. The fraction of sp³-hybridized carbons (Fsp3) is 0.235. The molecule has 3 heteroatoms. The summed E-state index contributed by atoms with van der Waals surface area (Å²) in [7, 11) is 2.19. The van der Waals surface area contributed by atoms with Gasteiger partial charge in [0, 0.05) is 37.6 Å². The molecule has 0 spiro atoms. The Morgan fingerprint density at radius 1 is 1.15 bits per heavy atom. The first-order valence-electron chi connectivity index (χ1n) is 7.00. The molecule has 1 aliphatic heterocycles. The third-order valence-corrected chi connectivity index (χ3v) is 4.18. The van der Waals surface area contributed by atoms with Crippen LogP contribution in [0.15, 0.2) is 55.0 Å². The van der Waals surface area contributed by atoms with E-state index >= 15 is 0 Å². The molecule has 1 aliphatic rings. The molecular weight excluding hydrogens is 246 g/mol. The fourth-order valence-corrected chi connectivity index (χ4v) is 3.21. The molecule has 1 unspecified atom stereocenters. The molecule has 3 aromatic rings. The molecule has 20 heavy (non-hydrogen) atoms. The van der Waals surface area contributed by atoms with Gasteiger partial charge in [-0.15, -0.1) is 0 Å². The number of fused-ring (bicyclic) bond motifs is 2. The number of aromatic nitrogens is 2. The molecule has 0 saturated carbocycles. The summed E-state index contributed by atoms with van der Waals surface area (Å²) < 4.78 is 2.10. The summed E-state index contributed by atoms with van der Waals surface area (Å²) in [6.07, 6.45) is 6.07. The molecule has 2 aromatic heterocycles. The minimum Gasteiger partial charge on any atom is -0.307 e. The Morgan fingerprint density at radius 3 is 3.00 bits per heavy atom. The van der Waals surface area contributed by atoms with Crippen molar-refractivity contribution in [2.45, 2.75) is 12.5 Å². The summed E-state index contributed by atoms with van der Waals surface area (Å²) in [6.45, 7) is 2.11. The standard InChI is InChI=1S/C17H17N3/c1-19-10-13-4-2-3-5-15(13)16(12-19)14-6-7-17-18-8-9-20(17)11-14/h2-9,11,16H,10,12H2,1H3. The van der Waals surface area contributed by atoms with Gasteiger partial charge < -0.3 is 9.30 Å². The zero-order valence-corrected chi connectivity index (χ0v) is 11.5. The summed E-state index contributed by atoms with van der Waals surface area (Å²) >= 11 is 0. The second kappa shape index (κ2) is 4.46. The second-order valence-corrected chi connectivity index (χ2v) is 5.60. The molecule has 0 radical (unpaired) electrons. The molecule has 0 bridgehead atoms. The van der Waals surface area contributed by atoms with Crippen molar-refractivity contribution in [1.82, 2.24) is 14.3 Å². The van der Waals surface area contributed by atoms with Gasteiger partial charge in [0.1, 0.15) is 5.65 Å². The molecule has 0 fully saturated rings. The molecule has 4 rings (SSSR count). The van der Waals surface area contributed by atoms with E-state index in [-0.39, 0.29) is 0 Å². The van der Waals surface area contributed by atoms with E-state index in [9.17, 15) is 0 Å². The van der Waals surface area contributed by atoms with Crippen molar-refractivity contribution in [3.05, 3.63) is 71.7 Å². The zero-order chi connectivity index (χ0) is 13.5. The monoisotopic (exact) mass is 263 g/mol. The molecule has 0 saturated heterocycles. The van der Waals surface area contributed by atoms with E-state index in [1.807, 2.05) is 12.4 Å². The number of imidazole rings is 1. The SMILES string of the molecule is CN1Cc2ccccc2C(c2ccc3nccn3c2)C1. The van der Waals surface area contributed by atoms with Gasteiger partial charge >= 0.3 is 0 Å². The highest BCUT2D eigenvalue weighted by atomic mass is 15.1. The van der Waals surface area contributed by atoms with Crippen LogP contribution in [0.3, 0.4) is 0 Å². The maximum atomic E-state index is 4.32. The van der Waals surface area contributed by atoms with Gasteiger partial charge in [-0.1, -0.05) is 30.3 Å². The lowest BCUT2D eigenvalue weighted by molar-refractivity contribution is 0.295. The van der Waals surface area contributed by atoms with Crippen LogP contribution in [0.1, 0.15) is 22.6 Å². The Balaban J connectivity index is 1.84. The quantitative estimate of drug-likeness (QED) is 0.673. The topological polar surface area (TPSA) is 20.5 Å². The lowest BCUT2D eigenvalue weighted by Gasteiger charge is -2.32. The molecule has 1 aromatic carbocycles. The summed E-state index contributed by atoms with van der Waals surface area (Å²) in [6, 6.07) is 13.1. The number of pyridine rings is 1. The molecule has 0 N–H and O–H groups in total. The van der Waals surface area contributed by atoms with Gasteiger partial charge in [0.25, 0.3) is 0 Å². The van der Waals surface area contributed by atoms with E-state index in [4.69, 9.17) is 0 Å². The van der Waals surface area contributed by atoms with Gasteiger partial charge in [-0.05, 0) is 29.8 Å². The average molecular weight is 263 g/mol. The molecule has 3 nitrogen and oxygen atoms in total. The number of likely N-dealkylation sites (N-methyl/N-ethyl adjacent to an activating group) is 1. The highest BCUT2D eigenvalue weighted by Gasteiger charge is 2.24. The van der Waals surface area contributed by atoms with Gasteiger partial charge in [0.05, 0.1) is 0 Å².